The van der Waals surface area contributed by atoms with Crippen molar-refractivity contribution < 1.29 is 0 Å². The van der Waals surface area contributed by atoms with Gasteiger partial charge in [0.25, 0.3) is 0 Å². The molecule has 62 heavy (non-hydrogen) atoms. The molecule has 0 saturated heterocycles. The van der Waals surface area contributed by atoms with Gasteiger partial charge < -0.3 is 4.90 Å². The molecule has 10 aromatic carbocycles. The number of nitrogens with zero attached hydrogens (tertiary/aromatic N) is 1. The third-order valence-electron chi connectivity index (χ3n) is 13.1. The van der Waals surface area contributed by atoms with Crippen molar-refractivity contribution in [3.63, 3.8) is 0 Å². The maximum absolute atomic E-state index is 2.48. The average Bonchev–Trinajstić information content (AvgIpc) is 4.01. The van der Waals surface area contributed by atoms with Crippen LogP contribution >= 0.6 is 22.7 Å². The summed E-state index contributed by atoms with van der Waals surface area (Å²) in [5.74, 6) is 0. The number of fused-ring (bicyclic) bond motifs is 11. The van der Waals surface area contributed by atoms with E-state index in [0.717, 1.165) is 11.4 Å². The van der Waals surface area contributed by atoms with Gasteiger partial charge in [-0.25, -0.2) is 0 Å². The zero-order chi connectivity index (χ0) is 40.8. The van der Waals surface area contributed by atoms with Crippen molar-refractivity contribution in [3.05, 3.63) is 247 Å². The molecule has 1 aliphatic carbocycles. The second kappa shape index (κ2) is 13.9. The van der Waals surface area contributed by atoms with Crippen LogP contribution in [0.15, 0.2) is 224 Å². The number of thiophene rings is 2. The van der Waals surface area contributed by atoms with E-state index in [1.807, 2.05) is 22.7 Å². The highest BCUT2D eigenvalue weighted by atomic mass is 32.1. The Morgan fingerprint density at radius 3 is 1.79 bits per heavy atom. The van der Waals surface area contributed by atoms with Crippen LogP contribution in [0.1, 0.15) is 22.3 Å². The first kappa shape index (κ1) is 35.5. The Kier molecular flexibility index (Phi) is 7.93. The minimum atomic E-state index is -0.445. The van der Waals surface area contributed by atoms with Gasteiger partial charge in [-0.2, -0.15) is 0 Å². The molecular weight excluding hydrogens is 787 g/mol. The van der Waals surface area contributed by atoms with Crippen LogP contribution in [-0.2, 0) is 5.41 Å². The van der Waals surface area contributed by atoms with Crippen molar-refractivity contribution in [2.45, 2.75) is 5.41 Å². The smallest absolute Gasteiger partial charge is 0.0713 e. The summed E-state index contributed by atoms with van der Waals surface area (Å²) in [7, 11) is 0. The minimum absolute atomic E-state index is 0.445. The molecule has 13 rings (SSSR count). The fourth-order valence-electron chi connectivity index (χ4n) is 10.5. The maximum Gasteiger partial charge on any atom is 0.0713 e. The molecule has 0 bridgehead atoms. The molecule has 0 saturated carbocycles. The molecule has 0 unspecified atom stereocenters. The quantitative estimate of drug-likeness (QED) is 0.161. The number of benzene rings is 10. The predicted octanol–water partition coefficient (Wildman–Crippen LogP) is 17.1. The predicted molar refractivity (Wildman–Crippen MR) is 267 cm³/mol. The molecule has 0 N–H and O–H groups in total. The summed E-state index contributed by atoms with van der Waals surface area (Å²) in [6.07, 6.45) is 0. The van der Waals surface area contributed by atoms with Gasteiger partial charge in [0.05, 0.1) is 15.8 Å². The zero-order valence-electron chi connectivity index (χ0n) is 33.6. The van der Waals surface area contributed by atoms with Crippen molar-refractivity contribution in [1.82, 2.24) is 0 Å². The van der Waals surface area contributed by atoms with E-state index in [1.54, 1.807) is 0 Å². The molecule has 0 fully saturated rings. The van der Waals surface area contributed by atoms with Gasteiger partial charge in [-0.15, -0.1) is 22.7 Å². The lowest BCUT2D eigenvalue weighted by Crippen LogP contribution is -2.28. The van der Waals surface area contributed by atoms with Crippen LogP contribution in [-0.4, -0.2) is 0 Å². The van der Waals surface area contributed by atoms with Crippen LogP contribution in [0, 0.1) is 0 Å². The summed E-state index contributed by atoms with van der Waals surface area (Å²) in [6, 6.07) is 83.4. The first-order chi connectivity index (χ1) is 30.8. The molecule has 0 spiro atoms. The summed E-state index contributed by atoms with van der Waals surface area (Å²) in [4.78, 5) is 2.48. The molecular formula is C59H37NS2. The molecule has 290 valence electrons. The van der Waals surface area contributed by atoms with Crippen LogP contribution < -0.4 is 4.90 Å². The van der Waals surface area contributed by atoms with Gasteiger partial charge in [-0.3, -0.25) is 0 Å². The summed E-state index contributed by atoms with van der Waals surface area (Å²) in [5.41, 5.74) is 13.2. The molecule has 0 amide bonds. The second-order valence-corrected chi connectivity index (χ2v) is 18.4. The second-order valence-electron chi connectivity index (χ2n) is 16.3. The standard InChI is InChI=1S/C59H37NS2/c1-3-16-40(17-4-1)59(41-18-5-2-6-19-41)51-25-11-9-22-49(51)56-44(23-13-26-52(56)59)39-29-32-42(33-30-39)60(43-34-36-55-50(37-43)46-21-10-12-28-54(46)61-55)53-27-14-24-47-48-35-31-38-15-7-8-20-45(38)57(48)62-58(47)53/h1-37H. The van der Waals surface area contributed by atoms with Gasteiger partial charge in [0.15, 0.2) is 0 Å². The maximum atomic E-state index is 2.48. The van der Waals surface area contributed by atoms with E-state index in [2.05, 4.69) is 229 Å². The van der Waals surface area contributed by atoms with Gasteiger partial charge in [0, 0.05) is 47.0 Å². The molecule has 0 atom stereocenters. The van der Waals surface area contributed by atoms with E-state index < -0.39 is 5.41 Å². The molecule has 2 aromatic heterocycles. The highest BCUT2D eigenvalue weighted by molar-refractivity contribution is 7.27. The lowest BCUT2D eigenvalue weighted by molar-refractivity contribution is 0.768. The van der Waals surface area contributed by atoms with Gasteiger partial charge >= 0.3 is 0 Å². The molecule has 0 aliphatic heterocycles. The Labute approximate surface area is 368 Å². The van der Waals surface area contributed by atoms with Crippen molar-refractivity contribution in [3.8, 4) is 22.3 Å². The number of anilines is 3. The lowest BCUT2D eigenvalue weighted by Gasteiger charge is -2.34. The molecule has 1 aliphatic rings. The molecule has 2 heterocycles. The topological polar surface area (TPSA) is 3.24 Å². The largest absolute Gasteiger partial charge is 0.309 e. The fraction of sp³-hybridized carbons (Fsp3) is 0.0169. The van der Waals surface area contributed by atoms with Crippen molar-refractivity contribution in [2.75, 3.05) is 4.90 Å². The van der Waals surface area contributed by atoms with Gasteiger partial charge in [0.2, 0.25) is 0 Å². The minimum Gasteiger partial charge on any atom is -0.309 e. The first-order valence-corrected chi connectivity index (χ1v) is 22.9. The van der Waals surface area contributed by atoms with E-state index in [0.29, 0.717) is 0 Å². The van der Waals surface area contributed by atoms with E-state index in [4.69, 9.17) is 0 Å². The Hall–Kier alpha value is -7.30. The normalized spacial score (nSPS) is 13.0. The molecule has 3 heteroatoms. The highest BCUT2D eigenvalue weighted by Crippen LogP contribution is 2.58. The molecule has 1 nitrogen and oxygen atoms in total. The summed E-state index contributed by atoms with van der Waals surface area (Å²) >= 11 is 3.77. The third kappa shape index (κ3) is 5.13. The third-order valence-corrected chi connectivity index (χ3v) is 15.6. The van der Waals surface area contributed by atoms with Gasteiger partial charge in [0.1, 0.15) is 0 Å². The van der Waals surface area contributed by atoms with E-state index in [9.17, 15) is 0 Å². The van der Waals surface area contributed by atoms with Gasteiger partial charge in [-0.1, -0.05) is 182 Å². The van der Waals surface area contributed by atoms with Crippen LogP contribution in [0.5, 0.6) is 0 Å². The van der Waals surface area contributed by atoms with Crippen LogP contribution in [0.25, 0.3) is 73.4 Å². The van der Waals surface area contributed by atoms with E-state index in [-0.39, 0.29) is 0 Å². The summed E-state index contributed by atoms with van der Waals surface area (Å²) in [5, 5.41) is 7.76. The average molecular weight is 824 g/mol. The number of hydrogen-bond donors (Lipinski definition) is 0. The Balaban J connectivity index is 1.02. The molecule has 12 aromatic rings. The molecule has 0 radical (unpaired) electrons. The Morgan fingerprint density at radius 2 is 0.968 bits per heavy atom. The van der Waals surface area contributed by atoms with Crippen LogP contribution in [0.4, 0.5) is 17.1 Å². The van der Waals surface area contributed by atoms with Gasteiger partial charge in [-0.05, 0) is 97.7 Å². The van der Waals surface area contributed by atoms with E-state index >= 15 is 0 Å². The fourth-order valence-corrected chi connectivity index (χ4v) is 12.9. The highest BCUT2D eigenvalue weighted by Gasteiger charge is 2.46. The van der Waals surface area contributed by atoms with Crippen molar-refractivity contribution >= 4 is 90.9 Å². The Morgan fingerprint density at radius 1 is 0.355 bits per heavy atom. The van der Waals surface area contributed by atoms with Crippen LogP contribution in [0.3, 0.4) is 0 Å². The number of rotatable bonds is 6. The van der Waals surface area contributed by atoms with Crippen LogP contribution in [0.2, 0.25) is 0 Å². The van der Waals surface area contributed by atoms with E-state index in [1.165, 1.54) is 101 Å². The first-order valence-electron chi connectivity index (χ1n) is 21.2. The monoisotopic (exact) mass is 823 g/mol. The Bertz CT molecular complexity index is 3650. The number of hydrogen-bond acceptors (Lipinski definition) is 3. The lowest BCUT2D eigenvalue weighted by atomic mass is 9.67. The van der Waals surface area contributed by atoms with Crippen molar-refractivity contribution in [2.24, 2.45) is 0 Å². The zero-order valence-corrected chi connectivity index (χ0v) is 35.3. The van der Waals surface area contributed by atoms with Crippen molar-refractivity contribution in [1.29, 1.82) is 0 Å². The summed E-state index contributed by atoms with van der Waals surface area (Å²) in [6.45, 7) is 0. The SMILES string of the molecule is c1ccc(C2(c3ccccc3)c3ccccc3-c3c(-c4ccc(N(c5ccc6sc7ccccc7c6c5)c5cccc6c5sc5c7ccccc7ccc65)cc4)cccc32)cc1. The summed E-state index contributed by atoms with van der Waals surface area (Å²) < 4.78 is 5.24.